The summed E-state index contributed by atoms with van der Waals surface area (Å²) in [6.07, 6.45) is 1.63. The van der Waals surface area contributed by atoms with Crippen molar-refractivity contribution in [2.75, 3.05) is 18.0 Å². The van der Waals surface area contributed by atoms with Crippen LogP contribution in [0.2, 0.25) is 0 Å². The third-order valence-electron chi connectivity index (χ3n) is 4.27. The van der Waals surface area contributed by atoms with E-state index in [-0.39, 0.29) is 17.8 Å². The average Bonchev–Trinajstić information content (AvgIpc) is 2.97. The summed E-state index contributed by atoms with van der Waals surface area (Å²) in [4.78, 5) is 14.3. The van der Waals surface area contributed by atoms with Crippen molar-refractivity contribution in [3.8, 4) is 0 Å². The SMILES string of the molecule is Cc1ccc(F)c(N2CCC(NC(=O)c3csnc3C)CC2)c1. The number of halogens is 1. The third kappa shape index (κ3) is 3.52. The Labute approximate surface area is 139 Å². The summed E-state index contributed by atoms with van der Waals surface area (Å²) >= 11 is 1.30. The summed E-state index contributed by atoms with van der Waals surface area (Å²) in [5.74, 6) is -0.241. The second-order valence-electron chi connectivity index (χ2n) is 6.00. The molecule has 0 spiro atoms. The van der Waals surface area contributed by atoms with Crippen molar-refractivity contribution >= 4 is 23.1 Å². The Morgan fingerprint density at radius 3 is 2.74 bits per heavy atom. The van der Waals surface area contributed by atoms with E-state index in [1.54, 1.807) is 11.4 Å². The van der Waals surface area contributed by atoms with Gasteiger partial charge < -0.3 is 10.2 Å². The van der Waals surface area contributed by atoms with Crippen LogP contribution in [0.15, 0.2) is 23.6 Å². The second kappa shape index (κ2) is 6.66. The quantitative estimate of drug-likeness (QED) is 0.937. The van der Waals surface area contributed by atoms with Crippen LogP contribution in [0.4, 0.5) is 10.1 Å². The van der Waals surface area contributed by atoms with Crippen molar-refractivity contribution in [1.82, 2.24) is 9.69 Å². The molecule has 1 amide bonds. The molecule has 23 heavy (non-hydrogen) atoms. The molecule has 3 rings (SSSR count). The Morgan fingerprint density at radius 1 is 1.35 bits per heavy atom. The molecule has 122 valence electrons. The summed E-state index contributed by atoms with van der Waals surface area (Å²) in [5.41, 5.74) is 3.14. The molecular formula is C17H20FN3OS. The number of hydrogen-bond donors (Lipinski definition) is 1. The highest BCUT2D eigenvalue weighted by Crippen LogP contribution is 2.24. The summed E-state index contributed by atoms with van der Waals surface area (Å²) in [7, 11) is 0. The molecule has 0 aliphatic carbocycles. The summed E-state index contributed by atoms with van der Waals surface area (Å²) < 4.78 is 18.1. The molecule has 0 atom stereocenters. The minimum atomic E-state index is -0.182. The van der Waals surface area contributed by atoms with Crippen LogP contribution >= 0.6 is 11.5 Å². The number of piperidine rings is 1. The van der Waals surface area contributed by atoms with Gasteiger partial charge in [0.15, 0.2) is 0 Å². The molecule has 1 aliphatic rings. The number of amides is 1. The lowest BCUT2D eigenvalue weighted by atomic mass is 10.0. The van der Waals surface area contributed by atoms with Crippen molar-refractivity contribution in [3.05, 3.63) is 46.2 Å². The molecule has 1 saturated heterocycles. The fraction of sp³-hybridized carbons (Fsp3) is 0.412. The van der Waals surface area contributed by atoms with E-state index in [4.69, 9.17) is 0 Å². The minimum absolute atomic E-state index is 0.0589. The number of carbonyl (C=O) groups excluding carboxylic acids is 1. The van der Waals surface area contributed by atoms with Gasteiger partial charge in [-0.15, -0.1) is 0 Å². The Balaban J connectivity index is 1.59. The highest BCUT2D eigenvalue weighted by Gasteiger charge is 2.23. The Bertz CT molecular complexity index is 708. The van der Waals surface area contributed by atoms with Gasteiger partial charge in [-0.25, -0.2) is 4.39 Å². The van der Waals surface area contributed by atoms with Gasteiger partial charge in [0.1, 0.15) is 5.82 Å². The van der Waals surface area contributed by atoms with Gasteiger partial charge in [-0.05, 0) is 55.9 Å². The number of anilines is 1. The van der Waals surface area contributed by atoms with Crippen LogP contribution in [-0.4, -0.2) is 29.4 Å². The lowest BCUT2D eigenvalue weighted by Gasteiger charge is -2.34. The van der Waals surface area contributed by atoms with E-state index in [9.17, 15) is 9.18 Å². The van der Waals surface area contributed by atoms with Crippen molar-refractivity contribution in [3.63, 3.8) is 0 Å². The van der Waals surface area contributed by atoms with Crippen LogP contribution in [0, 0.1) is 19.7 Å². The van der Waals surface area contributed by atoms with E-state index < -0.39 is 0 Å². The highest BCUT2D eigenvalue weighted by molar-refractivity contribution is 7.03. The first kappa shape index (κ1) is 15.9. The van der Waals surface area contributed by atoms with Crippen LogP contribution < -0.4 is 10.2 Å². The van der Waals surface area contributed by atoms with Gasteiger partial charge in [0.2, 0.25) is 0 Å². The first-order chi connectivity index (χ1) is 11.0. The van der Waals surface area contributed by atoms with Gasteiger partial charge in [0.05, 0.1) is 16.9 Å². The van der Waals surface area contributed by atoms with Crippen LogP contribution in [-0.2, 0) is 0 Å². The summed E-state index contributed by atoms with van der Waals surface area (Å²) in [6, 6.07) is 5.31. The first-order valence-corrected chi connectivity index (χ1v) is 8.61. The van der Waals surface area contributed by atoms with Gasteiger partial charge >= 0.3 is 0 Å². The van der Waals surface area contributed by atoms with Crippen molar-refractivity contribution in [1.29, 1.82) is 0 Å². The van der Waals surface area contributed by atoms with Crippen LogP contribution in [0.1, 0.15) is 34.5 Å². The maximum Gasteiger partial charge on any atom is 0.254 e. The Morgan fingerprint density at radius 2 is 2.09 bits per heavy atom. The molecule has 2 aromatic rings. The van der Waals surface area contributed by atoms with Crippen molar-refractivity contribution in [2.24, 2.45) is 0 Å². The Hall–Kier alpha value is -1.95. The topological polar surface area (TPSA) is 45.2 Å². The number of aryl methyl sites for hydroxylation is 2. The number of aromatic nitrogens is 1. The van der Waals surface area contributed by atoms with E-state index in [1.807, 2.05) is 19.9 Å². The predicted octanol–water partition coefficient (Wildman–Crippen LogP) is 3.30. The van der Waals surface area contributed by atoms with Gasteiger partial charge in [0.25, 0.3) is 5.91 Å². The normalized spacial score (nSPS) is 15.7. The fourth-order valence-electron chi connectivity index (χ4n) is 2.90. The van der Waals surface area contributed by atoms with Gasteiger partial charge in [-0.2, -0.15) is 4.37 Å². The molecule has 0 bridgehead atoms. The van der Waals surface area contributed by atoms with E-state index >= 15 is 0 Å². The van der Waals surface area contributed by atoms with Crippen molar-refractivity contribution in [2.45, 2.75) is 32.7 Å². The van der Waals surface area contributed by atoms with Gasteiger partial charge in [-0.3, -0.25) is 4.79 Å². The molecule has 0 saturated carbocycles. The third-order valence-corrected chi connectivity index (χ3v) is 4.99. The van der Waals surface area contributed by atoms with Crippen LogP contribution in [0.5, 0.6) is 0 Å². The first-order valence-electron chi connectivity index (χ1n) is 7.77. The van der Waals surface area contributed by atoms with E-state index in [1.165, 1.54) is 17.6 Å². The molecular weight excluding hydrogens is 313 g/mol. The van der Waals surface area contributed by atoms with Crippen LogP contribution in [0.25, 0.3) is 0 Å². The highest BCUT2D eigenvalue weighted by atomic mass is 32.1. The molecule has 0 radical (unpaired) electrons. The number of hydrogen-bond acceptors (Lipinski definition) is 4. The minimum Gasteiger partial charge on any atom is -0.369 e. The van der Waals surface area contributed by atoms with Crippen molar-refractivity contribution < 1.29 is 9.18 Å². The lowest BCUT2D eigenvalue weighted by Crippen LogP contribution is -2.45. The smallest absolute Gasteiger partial charge is 0.254 e. The molecule has 4 nitrogen and oxygen atoms in total. The molecule has 6 heteroatoms. The Kier molecular flexibility index (Phi) is 4.61. The molecule has 0 unspecified atom stereocenters. The monoisotopic (exact) mass is 333 g/mol. The maximum absolute atomic E-state index is 14.0. The second-order valence-corrected chi connectivity index (χ2v) is 6.63. The summed E-state index contributed by atoms with van der Waals surface area (Å²) in [6.45, 7) is 5.29. The number of nitrogens with zero attached hydrogens (tertiary/aromatic N) is 2. The zero-order valence-corrected chi connectivity index (χ0v) is 14.1. The fourth-order valence-corrected chi connectivity index (χ4v) is 3.60. The lowest BCUT2D eigenvalue weighted by molar-refractivity contribution is 0.0930. The van der Waals surface area contributed by atoms with E-state index in [2.05, 4.69) is 14.6 Å². The van der Waals surface area contributed by atoms with E-state index in [0.717, 1.165) is 37.2 Å². The molecule has 2 heterocycles. The average molecular weight is 333 g/mol. The van der Waals surface area contributed by atoms with Gasteiger partial charge in [0, 0.05) is 24.5 Å². The number of rotatable bonds is 3. The van der Waals surface area contributed by atoms with E-state index in [0.29, 0.717) is 11.3 Å². The molecule has 1 aromatic heterocycles. The predicted molar refractivity (Wildman–Crippen MR) is 90.7 cm³/mol. The zero-order chi connectivity index (χ0) is 16.4. The molecule has 1 aromatic carbocycles. The molecule has 1 N–H and O–H groups in total. The standard InChI is InChI=1S/C17H20FN3OS/c1-11-3-4-15(18)16(9-11)21-7-5-13(6-8-21)19-17(22)14-10-23-20-12(14)2/h3-4,9-10,13H,5-8H2,1-2H3,(H,19,22). The number of benzene rings is 1. The molecule has 1 aliphatic heterocycles. The van der Waals surface area contributed by atoms with Gasteiger partial charge in [-0.1, -0.05) is 6.07 Å². The zero-order valence-electron chi connectivity index (χ0n) is 13.3. The van der Waals surface area contributed by atoms with Crippen LogP contribution in [0.3, 0.4) is 0 Å². The number of nitrogens with one attached hydrogen (secondary N) is 1. The molecule has 1 fully saturated rings. The largest absolute Gasteiger partial charge is 0.369 e. The number of carbonyl (C=O) groups is 1. The summed E-state index contributed by atoms with van der Waals surface area (Å²) in [5, 5.41) is 4.85. The maximum atomic E-state index is 14.0.